The third-order valence-corrected chi connectivity index (χ3v) is 6.80. The Kier molecular flexibility index (Phi) is 7.62. The molecule has 0 fully saturated rings. The zero-order valence-electron chi connectivity index (χ0n) is 17.2. The van der Waals surface area contributed by atoms with Crippen molar-refractivity contribution in [2.45, 2.75) is 24.8 Å². The molecule has 1 aromatic heterocycles. The quantitative estimate of drug-likeness (QED) is 0.463. The lowest BCUT2D eigenvalue weighted by molar-refractivity contribution is -0.148. The lowest BCUT2D eigenvalue weighted by atomic mass is 10.1. The van der Waals surface area contributed by atoms with Gasteiger partial charge in [-0.2, -0.15) is 4.72 Å². The number of aromatic nitrogens is 1. The van der Waals surface area contributed by atoms with Crippen molar-refractivity contribution in [1.29, 1.82) is 0 Å². The molecule has 0 unspecified atom stereocenters. The lowest BCUT2D eigenvalue weighted by Crippen LogP contribution is -2.40. The first-order chi connectivity index (χ1) is 15.1. The Balaban J connectivity index is 1.53. The summed E-state index contributed by atoms with van der Waals surface area (Å²) in [7, 11) is -3.95. The predicted octanol–water partition coefficient (Wildman–Crippen LogP) is 3.62. The van der Waals surface area contributed by atoms with E-state index in [0.29, 0.717) is 10.7 Å². The van der Waals surface area contributed by atoms with Gasteiger partial charge in [0.05, 0.1) is 15.6 Å². The summed E-state index contributed by atoms with van der Waals surface area (Å²) in [5, 5.41) is 5.88. The number of amides is 1. The van der Waals surface area contributed by atoms with E-state index in [4.69, 9.17) is 16.3 Å². The molecule has 2 N–H and O–H groups in total. The molecule has 168 valence electrons. The van der Waals surface area contributed by atoms with Crippen molar-refractivity contribution in [3.05, 3.63) is 63.9 Å². The number of nitrogens with one attached hydrogen (secondary N) is 2. The van der Waals surface area contributed by atoms with Gasteiger partial charge in [0.1, 0.15) is 6.04 Å². The van der Waals surface area contributed by atoms with Crippen LogP contribution < -0.4 is 10.0 Å². The van der Waals surface area contributed by atoms with Crippen molar-refractivity contribution in [2.75, 3.05) is 11.9 Å². The summed E-state index contributed by atoms with van der Waals surface area (Å²) in [5.41, 5.74) is 2.16. The van der Waals surface area contributed by atoms with E-state index in [1.165, 1.54) is 42.5 Å². The number of nitrogens with zero attached hydrogens (tertiary/aromatic N) is 1. The summed E-state index contributed by atoms with van der Waals surface area (Å²) in [6, 6.07) is 11.4. The largest absolute Gasteiger partial charge is 0.454 e. The van der Waals surface area contributed by atoms with Crippen LogP contribution in [0.2, 0.25) is 5.02 Å². The highest BCUT2D eigenvalue weighted by molar-refractivity contribution is 7.89. The number of carbonyl (C=O) groups is 2. The van der Waals surface area contributed by atoms with Crippen LogP contribution in [0.5, 0.6) is 0 Å². The molecule has 32 heavy (non-hydrogen) atoms. The molecular formula is C21H20ClN3O5S2. The first-order valence-corrected chi connectivity index (χ1v) is 12.1. The van der Waals surface area contributed by atoms with E-state index in [-0.39, 0.29) is 4.90 Å². The number of esters is 1. The minimum Gasteiger partial charge on any atom is -0.454 e. The van der Waals surface area contributed by atoms with Gasteiger partial charge in [-0.3, -0.25) is 9.59 Å². The summed E-state index contributed by atoms with van der Waals surface area (Å²) in [5.74, 6) is -1.44. The molecule has 11 heteroatoms. The number of anilines is 1. The molecule has 1 atom stereocenters. The molecule has 0 bridgehead atoms. The average Bonchev–Trinajstić information content (AvgIpc) is 3.18. The van der Waals surface area contributed by atoms with Gasteiger partial charge in [0.25, 0.3) is 5.91 Å². The van der Waals surface area contributed by atoms with Crippen LogP contribution in [0.25, 0.3) is 11.3 Å². The fourth-order valence-electron chi connectivity index (χ4n) is 2.67. The van der Waals surface area contributed by atoms with E-state index >= 15 is 0 Å². The van der Waals surface area contributed by atoms with Crippen LogP contribution in [0.1, 0.15) is 11.9 Å². The number of hydrogen-bond acceptors (Lipinski definition) is 7. The Morgan fingerprint density at radius 1 is 1.19 bits per heavy atom. The number of aryl methyl sites for hydroxylation is 1. The van der Waals surface area contributed by atoms with Crippen molar-refractivity contribution in [1.82, 2.24) is 9.71 Å². The van der Waals surface area contributed by atoms with Gasteiger partial charge in [0.15, 0.2) is 6.61 Å². The molecule has 0 radical (unpaired) electrons. The molecule has 8 nitrogen and oxygen atoms in total. The number of hydrogen-bond donors (Lipinski definition) is 2. The normalized spacial score (nSPS) is 12.2. The molecule has 1 heterocycles. The molecular weight excluding hydrogens is 474 g/mol. The number of halogens is 1. The second-order valence-electron chi connectivity index (χ2n) is 6.79. The Morgan fingerprint density at radius 3 is 2.56 bits per heavy atom. The van der Waals surface area contributed by atoms with E-state index in [1.807, 2.05) is 18.4 Å². The van der Waals surface area contributed by atoms with E-state index < -0.39 is 34.5 Å². The maximum atomic E-state index is 12.3. The maximum absolute atomic E-state index is 12.3. The number of sulfonamides is 1. The second kappa shape index (κ2) is 10.2. The SMILES string of the molecule is Cc1nc(-c2cccc(NC(=O)COC(=O)[C@H](C)NS(=O)(=O)c3ccc(Cl)cc3)c2)cs1. The summed E-state index contributed by atoms with van der Waals surface area (Å²) < 4.78 is 31.8. The number of ether oxygens (including phenoxy) is 1. The highest BCUT2D eigenvalue weighted by Crippen LogP contribution is 2.24. The molecule has 1 amide bonds. The van der Waals surface area contributed by atoms with Crippen molar-refractivity contribution in [3.8, 4) is 11.3 Å². The van der Waals surface area contributed by atoms with Gasteiger partial charge in [0, 0.05) is 21.7 Å². The van der Waals surface area contributed by atoms with Gasteiger partial charge in [-0.1, -0.05) is 23.7 Å². The van der Waals surface area contributed by atoms with E-state index in [1.54, 1.807) is 18.2 Å². The van der Waals surface area contributed by atoms with Gasteiger partial charge in [-0.25, -0.2) is 13.4 Å². The maximum Gasteiger partial charge on any atom is 0.324 e. The fraction of sp³-hybridized carbons (Fsp3) is 0.190. The van der Waals surface area contributed by atoms with Crippen molar-refractivity contribution >= 4 is 50.5 Å². The van der Waals surface area contributed by atoms with E-state index in [9.17, 15) is 18.0 Å². The topological polar surface area (TPSA) is 114 Å². The second-order valence-corrected chi connectivity index (χ2v) is 10.00. The molecule has 0 aliphatic carbocycles. The fourth-order valence-corrected chi connectivity index (χ4v) is 4.61. The van der Waals surface area contributed by atoms with Crippen molar-refractivity contribution in [3.63, 3.8) is 0 Å². The number of carbonyl (C=O) groups excluding carboxylic acids is 2. The van der Waals surface area contributed by atoms with Crippen LogP contribution >= 0.6 is 22.9 Å². The third kappa shape index (κ3) is 6.36. The van der Waals surface area contributed by atoms with Crippen LogP contribution in [0.15, 0.2) is 58.8 Å². The first kappa shape index (κ1) is 23.9. The van der Waals surface area contributed by atoms with Gasteiger partial charge in [-0.15, -0.1) is 11.3 Å². The molecule has 0 spiro atoms. The molecule has 0 aliphatic rings. The van der Waals surface area contributed by atoms with Crippen LogP contribution in [-0.4, -0.2) is 37.9 Å². The zero-order valence-corrected chi connectivity index (χ0v) is 19.6. The standard InChI is InChI=1S/C21H20ClN3O5S2/c1-13(25-32(28,29)18-8-6-16(22)7-9-18)21(27)30-11-20(26)24-17-5-3-4-15(10-17)19-12-31-14(2)23-19/h3-10,12-13,25H,11H2,1-2H3,(H,24,26)/t13-/m0/s1. The monoisotopic (exact) mass is 493 g/mol. The average molecular weight is 494 g/mol. The lowest BCUT2D eigenvalue weighted by Gasteiger charge is -2.14. The molecule has 3 rings (SSSR count). The summed E-state index contributed by atoms with van der Waals surface area (Å²) >= 11 is 7.28. The highest BCUT2D eigenvalue weighted by Gasteiger charge is 2.23. The van der Waals surface area contributed by atoms with Gasteiger partial charge in [-0.05, 0) is 50.2 Å². The summed E-state index contributed by atoms with van der Waals surface area (Å²) in [4.78, 5) is 28.7. The Labute approximate surface area is 194 Å². The molecule has 2 aromatic carbocycles. The minimum atomic E-state index is -3.95. The first-order valence-electron chi connectivity index (χ1n) is 9.41. The van der Waals surface area contributed by atoms with Crippen LogP contribution in [0.4, 0.5) is 5.69 Å². The summed E-state index contributed by atoms with van der Waals surface area (Å²) in [6.07, 6.45) is 0. The molecule has 0 saturated heterocycles. The minimum absolute atomic E-state index is 0.0468. The van der Waals surface area contributed by atoms with Crippen LogP contribution in [0.3, 0.4) is 0 Å². The van der Waals surface area contributed by atoms with E-state index in [0.717, 1.165) is 16.3 Å². The number of rotatable bonds is 8. The van der Waals surface area contributed by atoms with Crippen LogP contribution in [-0.2, 0) is 24.3 Å². The number of benzene rings is 2. The zero-order chi connectivity index (χ0) is 23.3. The Bertz CT molecular complexity index is 1230. The van der Waals surface area contributed by atoms with Crippen LogP contribution in [0, 0.1) is 6.92 Å². The Hall–Kier alpha value is -2.79. The predicted molar refractivity (Wildman–Crippen MR) is 123 cm³/mol. The highest BCUT2D eigenvalue weighted by atomic mass is 35.5. The van der Waals surface area contributed by atoms with Gasteiger partial charge < -0.3 is 10.1 Å². The molecule has 0 saturated carbocycles. The van der Waals surface area contributed by atoms with E-state index in [2.05, 4.69) is 15.0 Å². The van der Waals surface area contributed by atoms with Gasteiger partial charge >= 0.3 is 5.97 Å². The molecule has 0 aliphatic heterocycles. The Morgan fingerprint density at radius 2 is 1.91 bits per heavy atom. The number of thiazole rings is 1. The van der Waals surface area contributed by atoms with Crippen molar-refractivity contribution in [2.24, 2.45) is 0 Å². The summed E-state index contributed by atoms with van der Waals surface area (Å²) in [6.45, 7) is 2.67. The smallest absolute Gasteiger partial charge is 0.324 e. The third-order valence-electron chi connectivity index (χ3n) is 4.22. The van der Waals surface area contributed by atoms with Gasteiger partial charge in [0.2, 0.25) is 10.0 Å². The van der Waals surface area contributed by atoms with Crippen molar-refractivity contribution < 1.29 is 22.7 Å². The molecule has 3 aromatic rings.